The molecule has 0 spiro atoms. The molecule has 0 amide bonds. The number of hydrogen-bond donors (Lipinski definition) is 0. The van der Waals surface area contributed by atoms with Crippen molar-refractivity contribution in [3.8, 4) is 11.4 Å². The first-order valence-corrected chi connectivity index (χ1v) is 7.65. The Bertz CT molecular complexity index is 801. The fourth-order valence-corrected chi connectivity index (χ4v) is 2.26. The molecule has 2 atom stereocenters. The molecule has 2 unspecified atom stereocenters. The number of rotatable bonds is 8. The van der Waals surface area contributed by atoms with Gasteiger partial charge in [-0.2, -0.15) is 0 Å². The standard InChI is InChI=1S/C15H17N7O4/c1-25-14(23)11(17-20-16)8-9-12(15(24)26-2)22-19-13(18-21-22)10-6-4-3-5-7-10/h3-7,11-12H,8-9H2,1-2H3. The number of tetrazole rings is 1. The molecule has 26 heavy (non-hydrogen) atoms. The number of aromatic nitrogens is 4. The second kappa shape index (κ2) is 9.14. The second-order valence-electron chi connectivity index (χ2n) is 5.16. The predicted octanol–water partition coefficient (Wildman–Crippen LogP) is 1.69. The minimum Gasteiger partial charge on any atom is -0.469 e. The van der Waals surface area contributed by atoms with Crippen molar-refractivity contribution in [2.45, 2.75) is 24.9 Å². The maximum Gasteiger partial charge on any atom is 0.332 e. The molecule has 0 aliphatic heterocycles. The maximum atomic E-state index is 12.1. The minimum atomic E-state index is -1.06. The molecule has 2 aromatic rings. The molecular weight excluding hydrogens is 342 g/mol. The van der Waals surface area contributed by atoms with Gasteiger partial charge in [0.1, 0.15) is 6.04 Å². The van der Waals surface area contributed by atoms with E-state index in [0.717, 1.165) is 10.4 Å². The van der Waals surface area contributed by atoms with Crippen molar-refractivity contribution in [1.82, 2.24) is 20.2 Å². The van der Waals surface area contributed by atoms with Crippen LogP contribution < -0.4 is 0 Å². The molecular formula is C15H17N7O4. The normalized spacial score (nSPS) is 12.5. The Kier molecular flexibility index (Phi) is 6.63. The van der Waals surface area contributed by atoms with E-state index >= 15 is 0 Å². The van der Waals surface area contributed by atoms with Crippen molar-refractivity contribution >= 4 is 11.9 Å². The summed E-state index contributed by atoms with van der Waals surface area (Å²) in [6, 6.07) is 7.14. The Morgan fingerprint density at radius 3 is 2.50 bits per heavy atom. The topological polar surface area (TPSA) is 145 Å². The number of azide groups is 1. The van der Waals surface area contributed by atoms with Crippen LogP contribution in [0.15, 0.2) is 35.4 Å². The van der Waals surface area contributed by atoms with Crippen molar-refractivity contribution < 1.29 is 19.1 Å². The van der Waals surface area contributed by atoms with Gasteiger partial charge in [0.05, 0.1) is 14.2 Å². The van der Waals surface area contributed by atoms with Crippen LogP contribution in [-0.4, -0.2) is 52.4 Å². The van der Waals surface area contributed by atoms with Crippen molar-refractivity contribution in [3.63, 3.8) is 0 Å². The summed E-state index contributed by atoms with van der Waals surface area (Å²) < 4.78 is 9.35. The summed E-state index contributed by atoms with van der Waals surface area (Å²) in [5.41, 5.74) is 9.31. The Morgan fingerprint density at radius 1 is 1.19 bits per heavy atom. The number of carbonyl (C=O) groups excluding carboxylic acids is 2. The van der Waals surface area contributed by atoms with Gasteiger partial charge in [-0.05, 0) is 23.6 Å². The lowest BCUT2D eigenvalue weighted by Gasteiger charge is -2.15. The molecule has 0 bridgehead atoms. The van der Waals surface area contributed by atoms with Crippen LogP contribution in [0.1, 0.15) is 18.9 Å². The number of esters is 2. The average Bonchev–Trinajstić information content (AvgIpc) is 3.17. The van der Waals surface area contributed by atoms with E-state index in [0.29, 0.717) is 5.82 Å². The van der Waals surface area contributed by atoms with E-state index in [9.17, 15) is 9.59 Å². The number of carbonyl (C=O) groups is 2. The third-order valence-electron chi connectivity index (χ3n) is 3.59. The lowest BCUT2D eigenvalue weighted by atomic mass is 10.1. The van der Waals surface area contributed by atoms with Crippen molar-refractivity contribution in [2.24, 2.45) is 5.11 Å². The fourth-order valence-electron chi connectivity index (χ4n) is 2.26. The van der Waals surface area contributed by atoms with Crippen LogP contribution >= 0.6 is 0 Å². The first-order valence-electron chi connectivity index (χ1n) is 7.65. The van der Waals surface area contributed by atoms with Crippen LogP contribution in [0.5, 0.6) is 0 Å². The zero-order chi connectivity index (χ0) is 18.9. The molecule has 11 heteroatoms. The predicted molar refractivity (Wildman–Crippen MR) is 88.5 cm³/mol. The summed E-state index contributed by atoms with van der Waals surface area (Å²) in [6.07, 6.45) is 0.148. The van der Waals surface area contributed by atoms with Gasteiger partial charge >= 0.3 is 11.9 Å². The molecule has 0 aliphatic rings. The van der Waals surface area contributed by atoms with E-state index in [1.807, 2.05) is 30.3 Å². The highest BCUT2D eigenvalue weighted by molar-refractivity contribution is 5.76. The van der Waals surface area contributed by atoms with Gasteiger partial charge in [-0.1, -0.05) is 35.4 Å². The summed E-state index contributed by atoms with van der Waals surface area (Å²) in [5.74, 6) is -0.950. The zero-order valence-electron chi connectivity index (χ0n) is 14.2. The molecule has 2 rings (SSSR count). The summed E-state index contributed by atoms with van der Waals surface area (Å²) in [7, 11) is 2.42. The Labute approximate surface area is 148 Å². The number of nitrogens with zero attached hydrogens (tertiary/aromatic N) is 7. The van der Waals surface area contributed by atoms with Gasteiger partial charge in [0, 0.05) is 10.5 Å². The summed E-state index contributed by atoms with van der Waals surface area (Å²) in [4.78, 5) is 27.5. The number of hydrogen-bond acceptors (Lipinski definition) is 8. The van der Waals surface area contributed by atoms with Gasteiger partial charge in [0.15, 0.2) is 6.04 Å². The first-order chi connectivity index (χ1) is 12.6. The van der Waals surface area contributed by atoms with E-state index in [2.05, 4.69) is 30.2 Å². The van der Waals surface area contributed by atoms with Crippen molar-refractivity contribution in [1.29, 1.82) is 0 Å². The number of ether oxygens (including phenoxy) is 2. The number of methoxy groups -OCH3 is 2. The van der Waals surface area contributed by atoms with E-state index in [4.69, 9.17) is 10.3 Å². The van der Waals surface area contributed by atoms with Gasteiger partial charge in [0.25, 0.3) is 0 Å². The smallest absolute Gasteiger partial charge is 0.332 e. The van der Waals surface area contributed by atoms with Crippen LogP contribution in [0.2, 0.25) is 0 Å². The highest BCUT2D eigenvalue weighted by atomic mass is 16.5. The monoisotopic (exact) mass is 359 g/mol. The SMILES string of the molecule is COC(=O)C(CCC(C(=O)OC)n1nnc(-c2ccccc2)n1)N=[N+]=[N-]. The quantitative estimate of drug-likeness (QED) is 0.302. The molecule has 0 radical (unpaired) electrons. The largest absolute Gasteiger partial charge is 0.469 e. The van der Waals surface area contributed by atoms with Crippen LogP contribution in [0.4, 0.5) is 0 Å². The Morgan fingerprint density at radius 2 is 1.88 bits per heavy atom. The van der Waals surface area contributed by atoms with Crippen LogP contribution in [-0.2, 0) is 19.1 Å². The molecule has 0 saturated heterocycles. The molecule has 1 aromatic carbocycles. The molecule has 0 saturated carbocycles. The van der Waals surface area contributed by atoms with Gasteiger partial charge in [0.2, 0.25) is 5.82 Å². The van der Waals surface area contributed by atoms with Gasteiger partial charge in [-0.25, -0.2) is 4.79 Å². The molecule has 1 heterocycles. The number of benzene rings is 1. The van der Waals surface area contributed by atoms with Crippen LogP contribution in [0.25, 0.3) is 21.8 Å². The third kappa shape index (κ3) is 4.54. The lowest BCUT2D eigenvalue weighted by Crippen LogP contribution is -2.27. The molecule has 0 fully saturated rings. The molecule has 0 N–H and O–H groups in total. The summed E-state index contributed by atoms with van der Waals surface area (Å²) in [6.45, 7) is 0. The van der Waals surface area contributed by atoms with Crippen LogP contribution in [0, 0.1) is 0 Å². The molecule has 136 valence electrons. The van der Waals surface area contributed by atoms with Gasteiger partial charge in [-0.15, -0.1) is 15.0 Å². The van der Waals surface area contributed by atoms with Gasteiger partial charge in [-0.3, -0.25) is 4.79 Å². The van der Waals surface area contributed by atoms with E-state index in [1.54, 1.807) is 0 Å². The first kappa shape index (κ1) is 18.9. The highest BCUT2D eigenvalue weighted by Gasteiger charge is 2.28. The Balaban J connectivity index is 2.20. The second-order valence-corrected chi connectivity index (χ2v) is 5.16. The summed E-state index contributed by atoms with van der Waals surface area (Å²) in [5, 5.41) is 15.4. The molecule has 0 aliphatic carbocycles. The molecule has 11 nitrogen and oxygen atoms in total. The summed E-state index contributed by atoms with van der Waals surface area (Å²) >= 11 is 0. The van der Waals surface area contributed by atoms with E-state index in [-0.39, 0.29) is 12.8 Å². The Hall–Kier alpha value is -3.46. The maximum absolute atomic E-state index is 12.1. The minimum absolute atomic E-state index is 0.0543. The van der Waals surface area contributed by atoms with Crippen molar-refractivity contribution in [2.75, 3.05) is 14.2 Å². The highest BCUT2D eigenvalue weighted by Crippen LogP contribution is 2.19. The lowest BCUT2D eigenvalue weighted by molar-refractivity contribution is -0.147. The van der Waals surface area contributed by atoms with Crippen LogP contribution in [0.3, 0.4) is 0 Å². The van der Waals surface area contributed by atoms with Crippen molar-refractivity contribution in [3.05, 3.63) is 40.8 Å². The third-order valence-corrected chi connectivity index (χ3v) is 3.59. The zero-order valence-corrected chi connectivity index (χ0v) is 14.2. The van der Waals surface area contributed by atoms with E-state index < -0.39 is 24.0 Å². The average molecular weight is 359 g/mol. The molecule has 1 aromatic heterocycles. The van der Waals surface area contributed by atoms with Gasteiger partial charge < -0.3 is 9.47 Å². The van der Waals surface area contributed by atoms with E-state index in [1.165, 1.54) is 14.2 Å². The fraction of sp³-hybridized carbons (Fsp3) is 0.400.